The van der Waals surface area contributed by atoms with Gasteiger partial charge in [-0.1, -0.05) is 29.5 Å². The van der Waals surface area contributed by atoms with E-state index in [1.807, 2.05) is 32.0 Å². The molecule has 2 aromatic carbocycles. The van der Waals surface area contributed by atoms with E-state index < -0.39 is 0 Å². The van der Waals surface area contributed by atoms with Gasteiger partial charge >= 0.3 is 0 Å². The molecular weight excluding hydrogens is 376 g/mol. The van der Waals surface area contributed by atoms with Crippen molar-refractivity contribution in [2.75, 3.05) is 23.9 Å². The van der Waals surface area contributed by atoms with Crippen LogP contribution >= 0.6 is 11.3 Å². The molecule has 2 heterocycles. The highest BCUT2D eigenvalue weighted by molar-refractivity contribution is 7.18. The molecule has 1 N–H and O–H groups in total. The number of hydrogen-bond acceptors (Lipinski definition) is 6. The molecule has 1 aromatic heterocycles. The molecular formula is C20H18N4O3S. The van der Waals surface area contributed by atoms with Crippen LogP contribution in [0.4, 0.5) is 10.8 Å². The molecule has 2 amide bonds. The molecule has 142 valence electrons. The number of carbonyl (C=O) groups is 2. The number of benzene rings is 2. The number of hydrogen-bond donors (Lipinski definition) is 1. The molecule has 0 saturated carbocycles. The quantitative estimate of drug-likeness (QED) is 0.736. The molecule has 0 radical (unpaired) electrons. The van der Waals surface area contributed by atoms with Gasteiger partial charge in [-0.2, -0.15) is 0 Å². The second kappa shape index (κ2) is 7.05. The molecule has 4 rings (SSSR count). The highest BCUT2D eigenvalue weighted by Crippen LogP contribution is 2.33. The molecule has 1 aliphatic rings. The Labute approximate surface area is 166 Å². The van der Waals surface area contributed by atoms with E-state index in [2.05, 4.69) is 15.5 Å². The van der Waals surface area contributed by atoms with Gasteiger partial charge in [-0.3, -0.25) is 14.9 Å². The third-order valence-corrected chi connectivity index (χ3v) is 5.50. The number of likely N-dealkylation sites (N-methyl/N-ethyl adjacent to an activating group) is 1. The van der Waals surface area contributed by atoms with Gasteiger partial charge in [0.1, 0.15) is 10.8 Å². The number of nitrogens with zero attached hydrogens (tertiary/aromatic N) is 3. The Balaban J connectivity index is 1.57. The number of anilines is 2. The lowest BCUT2D eigenvalue weighted by atomic mass is 10.0. The average Bonchev–Trinajstić information content (AvgIpc) is 3.12. The van der Waals surface area contributed by atoms with Crippen LogP contribution in [0.1, 0.15) is 21.5 Å². The standard InChI is InChI=1S/C20H18N4O3S/c1-11-5-4-6-12(2)17(11)19-22-23-20(28-19)21-18(26)13-7-8-15-14(9-13)24(3)16(25)10-27-15/h4-9H,10H2,1-3H3,(H,21,23,26). The fourth-order valence-electron chi connectivity index (χ4n) is 3.11. The first-order valence-electron chi connectivity index (χ1n) is 8.69. The van der Waals surface area contributed by atoms with Crippen LogP contribution in [0.3, 0.4) is 0 Å². The van der Waals surface area contributed by atoms with Gasteiger partial charge < -0.3 is 9.64 Å². The SMILES string of the molecule is Cc1cccc(C)c1-c1nnc(NC(=O)c2ccc3c(c2)N(C)C(=O)CO3)s1. The summed E-state index contributed by atoms with van der Waals surface area (Å²) in [6, 6.07) is 11.0. The summed E-state index contributed by atoms with van der Waals surface area (Å²) in [5.41, 5.74) is 4.23. The number of amides is 2. The molecule has 7 nitrogen and oxygen atoms in total. The van der Waals surface area contributed by atoms with Crippen LogP contribution in [0, 0.1) is 13.8 Å². The van der Waals surface area contributed by atoms with Gasteiger partial charge in [-0.15, -0.1) is 10.2 Å². The maximum Gasteiger partial charge on any atom is 0.264 e. The van der Waals surface area contributed by atoms with Crippen molar-refractivity contribution in [3.05, 3.63) is 53.1 Å². The summed E-state index contributed by atoms with van der Waals surface area (Å²) in [6.45, 7) is 4.05. The van der Waals surface area contributed by atoms with E-state index in [-0.39, 0.29) is 18.4 Å². The van der Waals surface area contributed by atoms with Crippen LogP contribution in [0.25, 0.3) is 10.6 Å². The fraction of sp³-hybridized carbons (Fsp3) is 0.200. The van der Waals surface area contributed by atoms with E-state index in [9.17, 15) is 9.59 Å². The normalized spacial score (nSPS) is 13.1. The second-order valence-electron chi connectivity index (χ2n) is 6.56. The smallest absolute Gasteiger partial charge is 0.264 e. The van der Waals surface area contributed by atoms with Crippen LogP contribution in [-0.4, -0.2) is 35.7 Å². The van der Waals surface area contributed by atoms with E-state index in [4.69, 9.17) is 4.74 Å². The Morgan fingerprint density at radius 3 is 2.68 bits per heavy atom. The molecule has 28 heavy (non-hydrogen) atoms. The van der Waals surface area contributed by atoms with Gasteiger partial charge in [-0.05, 0) is 43.2 Å². The summed E-state index contributed by atoms with van der Waals surface area (Å²) >= 11 is 1.32. The number of aryl methyl sites for hydroxylation is 2. The summed E-state index contributed by atoms with van der Waals surface area (Å²) in [7, 11) is 1.66. The van der Waals surface area contributed by atoms with E-state index in [0.717, 1.165) is 21.7 Å². The van der Waals surface area contributed by atoms with Crippen molar-refractivity contribution in [3.63, 3.8) is 0 Å². The van der Waals surface area contributed by atoms with Crippen molar-refractivity contribution in [2.24, 2.45) is 0 Å². The zero-order valence-electron chi connectivity index (χ0n) is 15.6. The first-order chi connectivity index (χ1) is 13.4. The summed E-state index contributed by atoms with van der Waals surface area (Å²) in [5, 5.41) is 12.3. The Hall–Kier alpha value is -3.26. The maximum absolute atomic E-state index is 12.7. The fourth-order valence-corrected chi connectivity index (χ4v) is 4.02. The lowest BCUT2D eigenvalue weighted by molar-refractivity contribution is -0.120. The Morgan fingerprint density at radius 2 is 1.93 bits per heavy atom. The molecule has 3 aromatic rings. The first kappa shape index (κ1) is 18.1. The minimum absolute atomic E-state index is 0.000917. The minimum Gasteiger partial charge on any atom is -0.482 e. The largest absolute Gasteiger partial charge is 0.482 e. The second-order valence-corrected chi connectivity index (χ2v) is 7.53. The van der Waals surface area contributed by atoms with Gasteiger partial charge in [-0.25, -0.2) is 0 Å². The van der Waals surface area contributed by atoms with Crippen molar-refractivity contribution in [1.29, 1.82) is 0 Å². The Kier molecular flexibility index (Phi) is 4.56. The molecule has 0 bridgehead atoms. The molecule has 1 aliphatic heterocycles. The summed E-state index contributed by atoms with van der Waals surface area (Å²) in [6.07, 6.45) is 0. The Bertz CT molecular complexity index is 1070. The van der Waals surface area contributed by atoms with Crippen molar-refractivity contribution < 1.29 is 14.3 Å². The third-order valence-electron chi connectivity index (χ3n) is 4.65. The van der Waals surface area contributed by atoms with Gasteiger partial charge in [0.15, 0.2) is 6.61 Å². The van der Waals surface area contributed by atoms with Gasteiger partial charge in [0.25, 0.3) is 11.8 Å². The highest BCUT2D eigenvalue weighted by Gasteiger charge is 2.23. The molecule has 0 spiro atoms. The van der Waals surface area contributed by atoms with Crippen LogP contribution in [0.15, 0.2) is 36.4 Å². The summed E-state index contributed by atoms with van der Waals surface area (Å²) in [4.78, 5) is 25.9. The topological polar surface area (TPSA) is 84.4 Å². The van der Waals surface area contributed by atoms with Gasteiger partial charge in [0.2, 0.25) is 5.13 Å². The van der Waals surface area contributed by atoms with Crippen molar-refractivity contribution in [3.8, 4) is 16.3 Å². The zero-order valence-corrected chi connectivity index (χ0v) is 16.5. The zero-order chi connectivity index (χ0) is 19.8. The number of nitrogens with one attached hydrogen (secondary N) is 1. The number of rotatable bonds is 3. The number of fused-ring (bicyclic) bond motifs is 1. The van der Waals surface area contributed by atoms with Crippen molar-refractivity contribution >= 4 is 34.0 Å². The predicted octanol–water partition coefficient (Wildman–Crippen LogP) is 3.43. The lowest BCUT2D eigenvalue weighted by Crippen LogP contribution is -2.35. The number of ether oxygens (including phenoxy) is 1. The van der Waals surface area contributed by atoms with E-state index in [1.165, 1.54) is 16.2 Å². The highest BCUT2D eigenvalue weighted by atomic mass is 32.1. The summed E-state index contributed by atoms with van der Waals surface area (Å²) in [5.74, 6) is 0.0951. The first-order valence-corrected chi connectivity index (χ1v) is 9.50. The molecule has 8 heteroatoms. The van der Waals surface area contributed by atoms with Crippen molar-refractivity contribution in [1.82, 2.24) is 10.2 Å². The van der Waals surface area contributed by atoms with Crippen LogP contribution < -0.4 is 15.0 Å². The van der Waals surface area contributed by atoms with Crippen LogP contribution in [0.5, 0.6) is 5.75 Å². The molecule has 0 aliphatic carbocycles. The number of carbonyl (C=O) groups excluding carboxylic acids is 2. The monoisotopic (exact) mass is 394 g/mol. The third kappa shape index (κ3) is 3.22. The maximum atomic E-state index is 12.7. The molecule has 0 fully saturated rings. The Morgan fingerprint density at radius 1 is 1.18 bits per heavy atom. The van der Waals surface area contributed by atoms with E-state index >= 15 is 0 Å². The summed E-state index contributed by atoms with van der Waals surface area (Å²) < 4.78 is 5.39. The van der Waals surface area contributed by atoms with Crippen LogP contribution in [0.2, 0.25) is 0 Å². The average molecular weight is 394 g/mol. The van der Waals surface area contributed by atoms with Crippen molar-refractivity contribution in [2.45, 2.75) is 13.8 Å². The lowest BCUT2D eigenvalue weighted by Gasteiger charge is -2.26. The minimum atomic E-state index is -0.321. The molecule has 0 unspecified atom stereocenters. The van der Waals surface area contributed by atoms with Gasteiger partial charge in [0.05, 0.1) is 5.69 Å². The van der Waals surface area contributed by atoms with Gasteiger partial charge in [0, 0.05) is 18.2 Å². The van der Waals surface area contributed by atoms with E-state index in [1.54, 1.807) is 25.2 Å². The molecule has 0 saturated heterocycles. The van der Waals surface area contributed by atoms with Crippen LogP contribution in [-0.2, 0) is 4.79 Å². The predicted molar refractivity (Wildman–Crippen MR) is 108 cm³/mol. The molecule has 0 atom stereocenters. The number of aromatic nitrogens is 2. The van der Waals surface area contributed by atoms with E-state index in [0.29, 0.717) is 22.1 Å².